The molecule has 0 aromatic heterocycles. The molecule has 1 unspecified atom stereocenters. The molecule has 5 heteroatoms. The van der Waals surface area contributed by atoms with Gasteiger partial charge in [-0.25, -0.2) is 0 Å². The first-order valence-electron chi connectivity index (χ1n) is 6.79. The lowest BCUT2D eigenvalue weighted by Crippen LogP contribution is -2.45. The zero-order valence-corrected chi connectivity index (χ0v) is 10.6. The highest BCUT2D eigenvalue weighted by atomic mass is 16.5. The summed E-state index contributed by atoms with van der Waals surface area (Å²) in [6.07, 6.45) is 5.18. The van der Waals surface area contributed by atoms with Gasteiger partial charge >= 0.3 is 5.97 Å². The highest BCUT2D eigenvalue weighted by Gasteiger charge is 2.33. The summed E-state index contributed by atoms with van der Waals surface area (Å²) >= 11 is 0. The molecule has 0 aromatic carbocycles. The standard InChI is InChI=1S/C13H21NO4/c15-12(9-6-7-18-8-9)14-11-5-3-1-2-4-10(11)13(16)17/h9-11H,1-8H2,(H,14,15)(H,16,17)/t9?,10-,11+/m1/s1. The minimum Gasteiger partial charge on any atom is -0.481 e. The van der Waals surface area contributed by atoms with E-state index < -0.39 is 11.9 Å². The fourth-order valence-electron chi connectivity index (χ4n) is 2.82. The van der Waals surface area contributed by atoms with Crippen LogP contribution in [-0.4, -0.2) is 36.2 Å². The van der Waals surface area contributed by atoms with Crippen molar-refractivity contribution in [1.29, 1.82) is 0 Å². The van der Waals surface area contributed by atoms with Crippen LogP contribution in [0.3, 0.4) is 0 Å². The number of ether oxygens (including phenoxy) is 1. The van der Waals surface area contributed by atoms with E-state index in [9.17, 15) is 14.7 Å². The van der Waals surface area contributed by atoms with Crippen molar-refractivity contribution in [2.24, 2.45) is 11.8 Å². The van der Waals surface area contributed by atoms with Gasteiger partial charge in [0.15, 0.2) is 0 Å². The number of carboxylic acid groups (broad SMARTS) is 1. The van der Waals surface area contributed by atoms with E-state index in [-0.39, 0.29) is 17.9 Å². The maximum atomic E-state index is 12.0. The normalized spacial score (nSPS) is 32.8. The number of hydrogen-bond donors (Lipinski definition) is 2. The second-order valence-corrected chi connectivity index (χ2v) is 5.26. The van der Waals surface area contributed by atoms with Crippen LogP contribution in [0.5, 0.6) is 0 Å². The molecular weight excluding hydrogens is 234 g/mol. The zero-order valence-electron chi connectivity index (χ0n) is 10.6. The van der Waals surface area contributed by atoms with Crippen LogP contribution in [0, 0.1) is 11.8 Å². The van der Waals surface area contributed by atoms with Gasteiger partial charge in [0.25, 0.3) is 0 Å². The van der Waals surface area contributed by atoms with Gasteiger partial charge in [-0.3, -0.25) is 9.59 Å². The minimum absolute atomic E-state index is 0.0364. The molecule has 2 rings (SSSR count). The van der Waals surface area contributed by atoms with Crippen molar-refractivity contribution in [1.82, 2.24) is 5.32 Å². The predicted octanol–water partition coefficient (Wildman–Crippen LogP) is 1.17. The number of carboxylic acids is 1. The molecular formula is C13H21NO4. The molecule has 0 bridgehead atoms. The summed E-state index contributed by atoms with van der Waals surface area (Å²) in [6, 6.07) is -0.210. The van der Waals surface area contributed by atoms with E-state index in [1.807, 2.05) is 0 Å². The molecule has 102 valence electrons. The molecule has 0 radical (unpaired) electrons. The summed E-state index contributed by atoms with van der Waals surface area (Å²) < 4.78 is 5.19. The van der Waals surface area contributed by atoms with Gasteiger partial charge in [-0.15, -0.1) is 0 Å². The summed E-state index contributed by atoms with van der Waals surface area (Å²) in [5.41, 5.74) is 0. The van der Waals surface area contributed by atoms with Gasteiger partial charge in [0.05, 0.1) is 18.4 Å². The molecule has 1 amide bonds. The lowest BCUT2D eigenvalue weighted by atomic mass is 9.94. The van der Waals surface area contributed by atoms with Crippen LogP contribution in [0.25, 0.3) is 0 Å². The molecule has 2 N–H and O–H groups in total. The van der Waals surface area contributed by atoms with E-state index in [0.717, 1.165) is 32.1 Å². The average Bonchev–Trinajstić information content (AvgIpc) is 2.77. The highest BCUT2D eigenvalue weighted by molar-refractivity contribution is 5.80. The number of carbonyl (C=O) groups is 2. The number of carbonyl (C=O) groups excluding carboxylic acids is 1. The summed E-state index contributed by atoms with van der Waals surface area (Å²) in [7, 11) is 0. The first kappa shape index (κ1) is 13.3. The van der Waals surface area contributed by atoms with Gasteiger partial charge in [-0.2, -0.15) is 0 Å². The van der Waals surface area contributed by atoms with Crippen molar-refractivity contribution in [2.75, 3.05) is 13.2 Å². The van der Waals surface area contributed by atoms with Gasteiger partial charge < -0.3 is 15.2 Å². The summed E-state index contributed by atoms with van der Waals surface area (Å²) in [5.74, 6) is -1.35. The van der Waals surface area contributed by atoms with Gasteiger partial charge in [0.1, 0.15) is 0 Å². The number of rotatable bonds is 3. The topological polar surface area (TPSA) is 75.6 Å². The monoisotopic (exact) mass is 255 g/mol. The Morgan fingerprint density at radius 1 is 1.11 bits per heavy atom. The Bertz CT molecular complexity index is 312. The van der Waals surface area contributed by atoms with Gasteiger partial charge in [0.2, 0.25) is 5.91 Å². The Morgan fingerprint density at radius 2 is 1.89 bits per heavy atom. The van der Waals surface area contributed by atoms with Crippen molar-refractivity contribution in [3.63, 3.8) is 0 Å². The molecule has 0 aromatic rings. The summed E-state index contributed by atoms with van der Waals surface area (Å²) in [6.45, 7) is 1.10. The van der Waals surface area contributed by atoms with Crippen LogP contribution in [0.1, 0.15) is 38.5 Å². The van der Waals surface area contributed by atoms with Crippen molar-refractivity contribution in [2.45, 2.75) is 44.6 Å². The van der Waals surface area contributed by atoms with Crippen LogP contribution in [0.4, 0.5) is 0 Å². The Morgan fingerprint density at radius 3 is 2.56 bits per heavy atom. The van der Waals surface area contributed by atoms with Crippen molar-refractivity contribution in [3.05, 3.63) is 0 Å². The van der Waals surface area contributed by atoms with Crippen LogP contribution >= 0.6 is 0 Å². The fraction of sp³-hybridized carbons (Fsp3) is 0.846. The second-order valence-electron chi connectivity index (χ2n) is 5.26. The van der Waals surface area contributed by atoms with E-state index in [0.29, 0.717) is 19.6 Å². The average molecular weight is 255 g/mol. The quantitative estimate of drug-likeness (QED) is 0.742. The molecule has 1 saturated heterocycles. The Labute approximate surface area is 107 Å². The molecule has 1 aliphatic carbocycles. The first-order chi connectivity index (χ1) is 8.68. The predicted molar refractivity (Wildman–Crippen MR) is 65.1 cm³/mol. The third kappa shape index (κ3) is 3.22. The molecule has 5 nitrogen and oxygen atoms in total. The summed E-state index contributed by atoms with van der Waals surface area (Å²) in [4.78, 5) is 23.3. The molecule has 0 spiro atoms. The highest BCUT2D eigenvalue weighted by Crippen LogP contribution is 2.24. The van der Waals surface area contributed by atoms with Crippen LogP contribution in [0.2, 0.25) is 0 Å². The van der Waals surface area contributed by atoms with Gasteiger partial charge in [0, 0.05) is 12.6 Å². The van der Waals surface area contributed by atoms with E-state index in [4.69, 9.17) is 4.74 Å². The van der Waals surface area contributed by atoms with Gasteiger partial charge in [-0.1, -0.05) is 19.3 Å². The molecule has 1 saturated carbocycles. The second kappa shape index (κ2) is 6.18. The molecule has 3 atom stereocenters. The van der Waals surface area contributed by atoms with E-state index >= 15 is 0 Å². The molecule has 2 aliphatic rings. The molecule has 1 heterocycles. The third-order valence-electron chi connectivity index (χ3n) is 3.96. The van der Waals surface area contributed by atoms with E-state index in [1.54, 1.807) is 0 Å². The van der Waals surface area contributed by atoms with Crippen molar-refractivity contribution in [3.8, 4) is 0 Å². The fourth-order valence-corrected chi connectivity index (χ4v) is 2.82. The maximum Gasteiger partial charge on any atom is 0.308 e. The van der Waals surface area contributed by atoms with E-state index in [1.165, 1.54) is 0 Å². The SMILES string of the molecule is O=C(N[C@H]1CCCCC[C@H]1C(=O)O)C1CCOC1. The number of nitrogens with one attached hydrogen (secondary N) is 1. The zero-order chi connectivity index (χ0) is 13.0. The van der Waals surface area contributed by atoms with E-state index in [2.05, 4.69) is 5.32 Å². The lowest BCUT2D eigenvalue weighted by molar-refractivity contribution is -0.143. The smallest absolute Gasteiger partial charge is 0.308 e. The van der Waals surface area contributed by atoms with Crippen molar-refractivity contribution < 1.29 is 19.4 Å². The van der Waals surface area contributed by atoms with Gasteiger partial charge in [-0.05, 0) is 19.3 Å². The lowest BCUT2D eigenvalue weighted by Gasteiger charge is -2.24. The van der Waals surface area contributed by atoms with Crippen LogP contribution in [0.15, 0.2) is 0 Å². The molecule has 2 fully saturated rings. The maximum absolute atomic E-state index is 12.0. The Kier molecular flexibility index (Phi) is 4.58. The number of aliphatic carboxylic acids is 1. The van der Waals surface area contributed by atoms with Crippen molar-refractivity contribution >= 4 is 11.9 Å². The molecule has 1 aliphatic heterocycles. The first-order valence-corrected chi connectivity index (χ1v) is 6.79. The van der Waals surface area contributed by atoms with Crippen LogP contribution < -0.4 is 5.32 Å². The Hall–Kier alpha value is -1.10. The summed E-state index contributed by atoms with van der Waals surface area (Å²) in [5, 5.41) is 12.2. The molecule has 18 heavy (non-hydrogen) atoms. The third-order valence-corrected chi connectivity index (χ3v) is 3.96. The van der Waals surface area contributed by atoms with Crippen LogP contribution in [-0.2, 0) is 14.3 Å². The Balaban J connectivity index is 1.95. The minimum atomic E-state index is -0.787. The largest absolute Gasteiger partial charge is 0.481 e. The number of hydrogen-bond acceptors (Lipinski definition) is 3. The number of amides is 1.